The molecule has 5 rings (SSSR count). The molecule has 36 heavy (non-hydrogen) atoms. The third-order valence-corrected chi connectivity index (χ3v) is 10.5. The van der Waals surface area contributed by atoms with Crippen molar-refractivity contribution in [3.05, 3.63) is 78.9 Å². The third kappa shape index (κ3) is 5.71. The van der Waals surface area contributed by atoms with Crippen molar-refractivity contribution >= 4 is 20.4 Å². The first-order valence-electron chi connectivity index (χ1n) is 12.0. The molecular formula is C27H30O7S2. The first-order chi connectivity index (χ1) is 17.4. The summed E-state index contributed by atoms with van der Waals surface area (Å²) in [7, 11) is -6.49. The van der Waals surface area contributed by atoms with Crippen LogP contribution in [0.3, 0.4) is 0 Å². The molecule has 2 aliphatic heterocycles. The van der Waals surface area contributed by atoms with Gasteiger partial charge < -0.3 is 18.9 Å². The Morgan fingerprint density at radius 1 is 0.667 bits per heavy atom. The monoisotopic (exact) mass is 530 g/mol. The van der Waals surface area contributed by atoms with Gasteiger partial charge in [-0.3, -0.25) is 0 Å². The smallest absolute Gasteiger partial charge is 0.274 e. The zero-order chi connectivity index (χ0) is 25.0. The van der Waals surface area contributed by atoms with Gasteiger partial charge in [0.2, 0.25) is 0 Å². The number of hydrogen-bond acceptors (Lipinski definition) is 7. The Bertz CT molecular complexity index is 1170. The molecule has 2 fully saturated rings. The summed E-state index contributed by atoms with van der Waals surface area (Å²) in [5.41, 5.74) is 0. The molecule has 0 N–H and O–H groups in total. The zero-order valence-corrected chi connectivity index (χ0v) is 21.7. The minimum atomic E-state index is -3.85. The van der Waals surface area contributed by atoms with Gasteiger partial charge in [-0.25, -0.2) is 3.63 Å². The topological polar surface area (TPSA) is 80.3 Å². The van der Waals surface area contributed by atoms with E-state index in [4.69, 9.17) is 22.6 Å². The molecule has 0 saturated carbocycles. The average molecular weight is 531 g/mol. The second kappa shape index (κ2) is 10.8. The van der Waals surface area contributed by atoms with Gasteiger partial charge in [0.15, 0.2) is 12.6 Å². The lowest BCUT2D eigenvalue weighted by molar-refractivity contribution is -0.0393. The summed E-state index contributed by atoms with van der Waals surface area (Å²) in [4.78, 5) is 2.22. The Kier molecular flexibility index (Phi) is 7.55. The average Bonchev–Trinajstić information content (AvgIpc) is 3.58. The Balaban J connectivity index is 1.56. The molecule has 0 radical (unpaired) electrons. The fourth-order valence-corrected chi connectivity index (χ4v) is 9.15. The highest BCUT2D eigenvalue weighted by Crippen LogP contribution is 2.70. The number of rotatable bonds is 9. The molecule has 7 nitrogen and oxygen atoms in total. The largest absolute Gasteiger partial charge is 0.465 e. The van der Waals surface area contributed by atoms with Crippen LogP contribution in [0, 0.1) is 0 Å². The van der Waals surface area contributed by atoms with Crippen molar-refractivity contribution in [3.8, 4) is 11.5 Å². The number of hydrogen-bond donors (Lipinski definition) is 0. The molecule has 2 atom stereocenters. The van der Waals surface area contributed by atoms with Gasteiger partial charge in [-0.2, -0.15) is 8.42 Å². The van der Waals surface area contributed by atoms with Gasteiger partial charge in [-0.15, -0.1) is 0 Å². The molecule has 0 aliphatic carbocycles. The molecule has 0 bridgehead atoms. The second-order valence-electron chi connectivity index (χ2n) is 8.71. The summed E-state index contributed by atoms with van der Waals surface area (Å²) < 4.78 is 54.4. The fourth-order valence-electron chi connectivity index (χ4n) is 4.33. The van der Waals surface area contributed by atoms with E-state index in [0.717, 1.165) is 46.6 Å². The predicted octanol–water partition coefficient (Wildman–Crippen LogP) is 5.89. The highest BCUT2D eigenvalue weighted by Gasteiger charge is 2.36. The van der Waals surface area contributed by atoms with E-state index in [1.165, 1.54) is 0 Å². The van der Waals surface area contributed by atoms with Crippen LogP contribution >= 0.6 is 10.3 Å². The molecular weight excluding hydrogens is 500 g/mol. The van der Waals surface area contributed by atoms with Gasteiger partial charge in [-0.1, -0.05) is 18.2 Å². The van der Waals surface area contributed by atoms with E-state index in [0.29, 0.717) is 24.7 Å². The predicted molar refractivity (Wildman–Crippen MR) is 137 cm³/mol. The minimum absolute atomic E-state index is 0.259. The van der Waals surface area contributed by atoms with Crippen molar-refractivity contribution in [3.63, 3.8) is 0 Å². The zero-order valence-electron chi connectivity index (χ0n) is 20.1. The molecule has 3 aromatic rings. The first kappa shape index (κ1) is 25.1. The molecule has 0 aromatic heterocycles. The maximum atomic E-state index is 12.7. The van der Waals surface area contributed by atoms with Crippen LogP contribution in [0.25, 0.3) is 0 Å². The molecule has 0 amide bonds. The highest BCUT2D eigenvalue weighted by molar-refractivity contribution is 8.33. The summed E-state index contributed by atoms with van der Waals surface area (Å²) in [6.07, 6.45) is 4.20. The molecule has 0 spiro atoms. The van der Waals surface area contributed by atoms with Crippen LogP contribution in [0.5, 0.6) is 11.5 Å². The van der Waals surface area contributed by atoms with Gasteiger partial charge in [0.1, 0.15) is 11.5 Å². The van der Waals surface area contributed by atoms with Crippen LogP contribution in [0.1, 0.15) is 25.7 Å². The van der Waals surface area contributed by atoms with Crippen LogP contribution in [0.4, 0.5) is 0 Å². The van der Waals surface area contributed by atoms with E-state index in [-0.39, 0.29) is 12.6 Å². The Morgan fingerprint density at radius 3 is 1.50 bits per heavy atom. The normalized spacial score (nSPS) is 22.6. The molecule has 2 aliphatic rings. The Hall–Kier alpha value is -2.56. The summed E-state index contributed by atoms with van der Waals surface area (Å²) in [5, 5.41) is 0. The Labute approximate surface area is 213 Å². The van der Waals surface area contributed by atoms with E-state index < -0.39 is 20.4 Å². The molecule has 3 aromatic carbocycles. The number of benzene rings is 3. The Morgan fingerprint density at radius 2 is 1.11 bits per heavy atom. The summed E-state index contributed by atoms with van der Waals surface area (Å²) in [6.45, 7) is 1.39. The highest BCUT2D eigenvalue weighted by atomic mass is 32.3. The van der Waals surface area contributed by atoms with E-state index in [9.17, 15) is 8.42 Å². The van der Waals surface area contributed by atoms with Crippen molar-refractivity contribution < 1.29 is 31.0 Å². The quantitative estimate of drug-likeness (QED) is 0.341. The van der Waals surface area contributed by atoms with Gasteiger partial charge in [0.25, 0.3) is 10.1 Å². The second-order valence-corrected chi connectivity index (χ2v) is 13.2. The van der Waals surface area contributed by atoms with E-state index in [1.807, 2.05) is 78.9 Å². The molecule has 192 valence electrons. The molecule has 2 saturated heterocycles. The van der Waals surface area contributed by atoms with Crippen LogP contribution in [0.15, 0.2) is 93.5 Å². The van der Waals surface area contributed by atoms with Crippen LogP contribution in [-0.2, 0) is 23.2 Å². The maximum absolute atomic E-state index is 12.7. The lowest BCUT2D eigenvalue weighted by atomic mass is 10.3. The van der Waals surface area contributed by atoms with Gasteiger partial charge in [0.05, 0.1) is 19.5 Å². The molecule has 2 heterocycles. The van der Waals surface area contributed by atoms with E-state index >= 15 is 0 Å². The van der Waals surface area contributed by atoms with Crippen LogP contribution in [0.2, 0.25) is 0 Å². The van der Waals surface area contributed by atoms with Gasteiger partial charge in [-0.05, 0) is 83.8 Å². The van der Waals surface area contributed by atoms with Crippen LogP contribution in [-0.4, -0.2) is 40.5 Å². The van der Waals surface area contributed by atoms with Crippen molar-refractivity contribution in [2.24, 2.45) is 0 Å². The summed E-state index contributed by atoms with van der Waals surface area (Å²) in [5.74, 6) is 1.32. The summed E-state index contributed by atoms with van der Waals surface area (Å²) >= 11 is 0. The van der Waals surface area contributed by atoms with Crippen molar-refractivity contribution in [2.45, 2.75) is 52.9 Å². The standard InChI is InChI=1S/C27H30O7S2/c1-35(28,29)34-36(23-7-3-2-4-8-23,24-15-11-21(12-16-24)32-26-9-5-19-30-26)25-17-13-22(14-18-25)33-27-10-6-20-31-27/h2-4,7-8,11-18,26-27H,5-6,9-10,19-20H2,1H3. The van der Waals surface area contributed by atoms with E-state index in [2.05, 4.69) is 0 Å². The fraction of sp³-hybridized carbons (Fsp3) is 0.333. The lowest BCUT2D eigenvalue weighted by Crippen LogP contribution is -2.15. The molecule has 2 unspecified atom stereocenters. The van der Waals surface area contributed by atoms with Gasteiger partial charge >= 0.3 is 0 Å². The molecule has 9 heteroatoms. The van der Waals surface area contributed by atoms with Crippen molar-refractivity contribution in [1.82, 2.24) is 0 Å². The van der Waals surface area contributed by atoms with Crippen molar-refractivity contribution in [1.29, 1.82) is 0 Å². The minimum Gasteiger partial charge on any atom is -0.465 e. The first-order valence-corrected chi connectivity index (χ1v) is 15.4. The van der Waals surface area contributed by atoms with Gasteiger partial charge in [0, 0.05) is 27.5 Å². The SMILES string of the molecule is CS(=O)(=O)OS(c1ccccc1)(c1ccc(OC2CCCO2)cc1)c1ccc(OC2CCCO2)cc1. The lowest BCUT2D eigenvalue weighted by Gasteiger charge is -2.39. The third-order valence-electron chi connectivity index (χ3n) is 5.92. The summed E-state index contributed by atoms with van der Waals surface area (Å²) in [6, 6.07) is 24.3. The van der Waals surface area contributed by atoms with E-state index in [1.54, 1.807) is 0 Å². The number of ether oxygens (including phenoxy) is 4. The maximum Gasteiger partial charge on any atom is 0.274 e. The van der Waals surface area contributed by atoms with Crippen molar-refractivity contribution in [2.75, 3.05) is 19.5 Å². The van der Waals surface area contributed by atoms with Crippen LogP contribution < -0.4 is 9.47 Å².